The predicted molar refractivity (Wildman–Crippen MR) is 100 cm³/mol. The summed E-state index contributed by atoms with van der Waals surface area (Å²) in [6, 6.07) is 14.0. The van der Waals surface area contributed by atoms with Crippen molar-refractivity contribution in [2.75, 3.05) is 7.05 Å². The topological polar surface area (TPSA) is 37.4 Å². The van der Waals surface area contributed by atoms with Crippen molar-refractivity contribution in [2.45, 2.75) is 31.2 Å². The SMILES string of the molecule is CN(C(=O)c1ccc(Cl)cc1)[C@]1(c2ccccc2Cl)CCCCC1=O. The fraction of sp³-hybridized carbons (Fsp3) is 0.300. The van der Waals surface area contributed by atoms with Crippen molar-refractivity contribution in [2.24, 2.45) is 0 Å². The molecule has 1 amide bonds. The molecular formula is C20H19Cl2NO2. The fourth-order valence-corrected chi connectivity index (χ4v) is 4.01. The van der Waals surface area contributed by atoms with Crippen LogP contribution in [0.15, 0.2) is 48.5 Å². The highest BCUT2D eigenvalue weighted by molar-refractivity contribution is 6.32. The van der Waals surface area contributed by atoms with Crippen LogP contribution in [-0.2, 0) is 10.3 Å². The van der Waals surface area contributed by atoms with Gasteiger partial charge in [0.1, 0.15) is 5.54 Å². The number of carbonyl (C=O) groups excluding carboxylic acids is 2. The summed E-state index contributed by atoms with van der Waals surface area (Å²) >= 11 is 12.3. The number of ketones is 1. The summed E-state index contributed by atoms with van der Waals surface area (Å²) in [4.78, 5) is 27.7. The maximum atomic E-state index is 13.1. The first-order valence-electron chi connectivity index (χ1n) is 8.29. The Morgan fingerprint density at radius 3 is 2.36 bits per heavy atom. The summed E-state index contributed by atoms with van der Waals surface area (Å²) in [5, 5.41) is 1.07. The van der Waals surface area contributed by atoms with Crippen LogP contribution in [0.25, 0.3) is 0 Å². The Kier molecular flexibility index (Phi) is 5.16. The number of likely N-dealkylation sites (N-methyl/N-ethyl adjacent to an activating group) is 1. The zero-order chi connectivity index (χ0) is 18.0. The van der Waals surface area contributed by atoms with Crippen molar-refractivity contribution in [3.8, 4) is 0 Å². The standard InChI is InChI=1S/C20H19Cl2NO2/c1-23(19(25)14-9-11-15(21)12-10-14)20(13-5-4-8-18(20)24)16-6-2-3-7-17(16)22/h2-3,6-7,9-12H,4-5,8,13H2,1H3/t20-/m0/s1. The molecule has 0 N–H and O–H groups in total. The fourth-order valence-electron chi connectivity index (χ4n) is 3.59. The summed E-state index contributed by atoms with van der Waals surface area (Å²) in [6.45, 7) is 0. The van der Waals surface area contributed by atoms with E-state index in [0.717, 1.165) is 12.8 Å². The molecule has 5 heteroatoms. The van der Waals surface area contributed by atoms with Gasteiger partial charge in [0.25, 0.3) is 5.91 Å². The predicted octanol–water partition coefficient (Wildman–Crippen LogP) is 5.10. The van der Waals surface area contributed by atoms with Gasteiger partial charge in [-0.2, -0.15) is 0 Å². The normalized spacial score (nSPS) is 20.4. The van der Waals surface area contributed by atoms with Gasteiger partial charge in [-0.1, -0.05) is 41.4 Å². The lowest BCUT2D eigenvalue weighted by Gasteiger charge is -2.44. The molecular weight excluding hydrogens is 357 g/mol. The van der Waals surface area contributed by atoms with Gasteiger partial charge in [0, 0.05) is 34.6 Å². The van der Waals surface area contributed by atoms with E-state index in [1.165, 1.54) is 0 Å². The highest BCUT2D eigenvalue weighted by Crippen LogP contribution is 2.42. The van der Waals surface area contributed by atoms with E-state index >= 15 is 0 Å². The molecule has 0 radical (unpaired) electrons. The molecule has 0 aromatic heterocycles. The van der Waals surface area contributed by atoms with E-state index in [1.54, 1.807) is 42.3 Å². The Morgan fingerprint density at radius 1 is 1.04 bits per heavy atom. The quantitative estimate of drug-likeness (QED) is 0.747. The van der Waals surface area contributed by atoms with E-state index in [4.69, 9.17) is 23.2 Å². The Hall–Kier alpha value is -1.84. The molecule has 1 saturated carbocycles. The average molecular weight is 376 g/mol. The molecule has 0 saturated heterocycles. The summed E-state index contributed by atoms with van der Waals surface area (Å²) in [7, 11) is 1.68. The average Bonchev–Trinajstić information content (AvgIpc) is 2.62. The monoisotopic (exact) mass is 375 g/mol. The molecule has 1 atom stereocenters. The molecule has 0 unspecified atom stereocenters. The molecule has 1 fully saturated rings. The number of hydrogen-bond donors (Lipinski definition) is 0. The molecule has 0 spiro atoms. The minimum atomic E-state index is -1.02. The van der Waals surface area contributed by atoms with E-state index in [1.807, 2.05) is 18.2 Å². The van der Waals surface area contributed by atoms with Crippen LogP contribution in [0.4, 0.5) is 0 Å². The first kappa shape index (κ1) is 18.0. The second kappa shape index (κ2) is 7.19. The van der Waals surface area contributed by atoms with Gasteiger partial charge in [0.15, 0.2) is 5.78 Å². The van der Waals surface area contributed by atoms with Crippen molar-refractivity contribution < 1.29 is 9.59 Å². The van der Waals surface area contributed by atoms with Crippen LogP contribution in [0.1, 0.15) is 41.6 Å². The van der Waals surface area contributed by atoms with Gasteiger partial charge >= 0.3 is 0 Å². The number of Topliss-reactive ketones (excluding diaryl/α,β-unsaturated/α-hetero) is 1. The molecule has 1 aliphatic carbocycles. The molecule has 2 aromatic rings. The van der Waals surface area contributed by atoms with E-state index < -0.39 is 5.54 Å². The first-order chi connectivity index (χ1) is 12.0. The first-order valence-corrected chi connectivity index (χ1v) is 9.04. The maximum Gasteiger partial charge on any atom is 0.254 e. The number of nitrogens with zero attached hydrogens (tertiary/aromatic N) is 1. The highest BCUT2D eigenvalue weighted by Gasteiger charge is 2.48. The summed E-state index contributed by atoms with van der Waals surface area (Å²) in [5.41, 5.74) is 0.177. The zero-order valence-corrected chi connectivity index (χ0v) is 15.5. The molecule has 130 valence electrons. The van der Waals surface area contributed by atoms with E-state index in [-0.39, 0.29) is 11.7 Å². The van der Waals surface area contributed by atoms with Crippen LogP contribution in [0.3, 0.4) is 0 Å². The van der Waals surface area contributed by atoms with E-state index in [2.05, 4.69) is 0 Å². The minimum absolute atomic E-state index is 0.0386. The third kappa shape index (κ3) is 3.19. The van der Waals surface area contributed by atoms with Gasteiger partial charge in [0.05, 0.1) is 0 Å². The van der Waals surface area contributed by atoms with Crippen molar-refractivity contribution in [1.29, 1.82) is 0 Å². The van der Waals surface area contributed by atoms with E-state index in [9.17, 15) is 9.59 Å². The van der Waals surface area contributed by atoms with Gasteiger partial charge in [-0.3, -0.25) is 9.59 Å². The van der Waals surface area contributed by atoms with Crippen molar-refractivity contribution in [3.63, 3.8) is 0 Å². The van der Waals surface area contributed by atoms with Crippen LogP contribution in [0, 0.1) is 0 Å². The van der Waals surface area contributed by atoms with Gasteiger partial charge in [0.2, 0.25) is 0 Å². The third-order valence-corrected chi connectivity index (χ3v) is 5.52. The molecule has 1 aliphatic rings. The number of halogens is 2. The number of rotatable bonds is 3. The molecule has 0 aliphatic heterocycles. The molecule has 2 aromatic carbocycles. The second-order valence-electron chi connectivity index (χ2n) is 6.34. The second-order valence-corrected chi connectivity index (χ2v) is 7.19. The third-order valence-electron chi connectivity index (χ3n) is 4.94. The Balaban J connectivity index is 2.08. The van der Waals surface area contributed by atoms with Crippen LogP contribution in [0.2, 0.25) is 10.0 Å². The number of hydrogen-bond acceptors (Lipinski definition) is 2. The molecule has 0 bridgehead atoms. The van der Waals surface area contributed by atoms with Crippen LogP contribution in [0.5, 0.6) is 0 Å². The van der Waals surface area contributed by atoms with Gasteiger partial charge in [-0.15, -0.1) is 0 Å². The maximum absolute atomic E-state index is 13.1. The van der Waals surface area contributed by atoms with Gasteiger partial charge in [-0.25, -0.2) is 0 Å². The van der Waals surface area contributed by atoms with Crippen molar-refractivity contribution >= 4 is 34.9 Å². The Labute approximate surface area is 157 Å². The smallest absolute Gasteiger partial charge is 0.254 e. The number of amides is 1. The minimum Gasteiger partial charge on any atom is -0.325 e. The van der Waals surface area contributed by atoms with Crippen molar-refractivity contribution in [3.05, 3.63) is 69.7 Å². The molecule has 3 nitrogen and oxygen atoms in total. The Bertz CT molecular complexity index is 804. The number of carbonyl (C=O) groups is 2. The molecule has 25 heavy (non-hydrogen) atoms. The molecule has 0 heterocycles. The lowest BCUT2D eigenvalue weighted by molar-refractivity contribution is -0.132. The van der Waals surface area contributed by atoms with Crippen LogP contribution < -0.4 is 0 Å². The van der Waals surface area contributed by atoms with Crippen molar-refractivity contribution in [1.82, 2.24) is 4.90 Å². The number of benzene rings is 2. The summed E-state index contributed by atoms with van der Waals surface area (Å²) < 4.78 is 0. The summed E-state index contributed by atoms with van der Waals surface area (Å²) in [6.07, 6.45) is 2.73. The van der Waals surface area contributed by atoms with E-state index in [0.29, 0.717) is 34.0 Å². The molecule has 3 rings (SSSR count). The van der Waals surface area contributed by atoms with Gasteiger partial charge in [-0.05, 0) is 49.6 Å². The lowest BCUT2D eigenvalue weighted by atomic mass is 9.74. The van der Waals surface area contributed by atoms with Crippen LogP contribution >= 0.6 is 23.2 Å². The Morgan fingerprint density at radius 2 is 1.72 bits per heavy atom. The van der Waals surface area contributed by atoms with Gasteiger partial charge < -0.3 is 4.90 Å². The van der Waals surface area contributed by atoms with Crippen LogP contribution in [-0.4, -0.2) is 23.6 Å². The zero-order valence-electron chi connectivity index (χ0n) is 14.0. The lowest BCUT2D eigenvalue weighted by Crippen LogP contribution is -2.54. The largest absolute Gasteiger partial charge is 0.325 e. The highest BCUT2D eigenvalue weighted by atomic mass is 35.5. The summed E-state index contributed by atoms with van der Waals surface area (Å²) in [5.74, 6) is -0.177.